The highest BCUT2D eigenvalue weighted by Gasteiger charge is 2.30. The average Bonchev–Trinajstić information content (AvgIpc) is 2.82. The Morgan fingerprint density at radius 2 is 1.80 bits per heavy atom. The molecule has 0 radical (unpaired) electrons. The molecule has 1 aromatic heterocycles. The lowest BCUT2D eigenvalue weighted by Crippen LogP contribution is -2.22. The monoisotopic (exact) mass is 319 g/mol. The number of nitrogens with one attached hydrogen (secondary N) is 1. The molecule has 20 heavy (non-hydrogen) atoms. The first-order valence-corrected chi connectivity index (χ1v) is 6.91. The van der Waals surface area contributed by atoms with Crippen molar-refractivity contribution >= 4 is 23.7 Å². The lowest BCUT2D eigenvalue weighted by atomic mass is 9.98. The van der Waals surface area contributed by atoms with Crippen LogP contribution in [0, 0.1) is 0 Å². The van der Waals surface area contributed by atoms with Gasteiger partial charge in [-0.25, -0.2) is 0 Å². The van der Waals surface area contributed by atoms with Crippen molar-refractivity contribution in [2.75, 3.05) is 6.54 Å². The maximum Gasteiger partial charge on any atom is 0.416 e. The number of benzene rings is 1. The summed E-state index contributed by atoms with van der Waals surface area (Å²) in [7, 11) is 0. The molecule has 2 aromatic rings. The molecule has 0 spiro atoms. The summed E-state index contributed by atoms with van der Waals surface area (Å²) in [5, 5.41) is 5.34. The molecule has 1 nitrogen and oxygen atoms in total. The number of thiophene rings is 1. The summed E-state index contributed by atoms with van der Waals surface area (Å²) in [6, 6.07) is 5.43. The van der Waals surface area contributed by atoms with E-state index in [2.05, 4.69) is 5.32 Å². The third-order valence-corrected chi connectivity index (χ3v) is 4.37. The molecule has 1 aliphatic rings. The van der Waals surface area contributed by atoms with Crippen molar-refractivity contribution in [2.24, 2.45) is 0 Å². The summed E-state index contributed by atoms with van der Waals surface area (Å²) in [4.78, 5) is 1.29. The lowest BCUT2D eigenvalue weighted by molar-refractivity contribution is -0.137. The van der Waals surface area contributed by atoms with E-state index < -0.39 is 11.7 Å². The minimum Gasteiger partial charge on any atom is -0.312 e. The van der Waals surface area contributed by atoms with Gasteiger partial charge in [-0.3, -0.25) is 0 Å². The van der Waals surface area contributed by atoms with Gasteiger partial charge in [-0.15, -0.1) is 23.7 Å². The fourth-order valence-electron chi connectivity index (χ4n) is 2.34. The van der Waals surface area contributed by atoms with Crippen molar-refractivity contribution in [1.82, 2.24) is 5.32 Å². The van der Waals surface area contributed by atoms with E-state index in [9.17, 15) is 13.2 Å². The van der Waals surface area contributed by atoms with E-state index >= 15 is 0 Å². The average molecular weight is 320 g/mol. The molecule has 1 aromatic carbocycles. The first kappa shape index (κ1) is 15.4. The van der Waals surface area contributed by atoms with Gasteiger partial charge in [0.05, 0.1) is 5.56 Å². The predicted molar refractivity (Wildman–Crippen MR) is 77.4 cm³/mol. The Balaban J connectivity index is 0.00000147. The second-order valence-electron chi connectivity index (χ2n) is 4.55. The molecule has 1 aliphatic heterocycles. The molecular formula is C14H13ClF3NS. The van der Waals surface area contributed by atoms with Crippen LogP contribution in [0.15, 0.2) is 29.6 Å². The highest BCUT2D eigenvalue weighted by Crippen LogP contribution is 2.35. The van der Waals surface area contributed by atoms with Gasteiger partial charge in [0.1, 0.15) is 0 Å². The van der Waals surface area contributed by atoms with E-state index in [0.29, 0.717) is 0 Å². The Morgan fingerprint density at radius 1 is 1.10 bits per heavy atom. The second kappa shape index (κ2) is 5.76. The lowest BCUT2D eigenvalue weighted by Gasteiger charge is -2.14. The van der Waals surface area contributed by atoms with Crippen LogP contribution in [-0.4, -0.2) is 6.54 Å². The van der Waals surface area contributed by atoms with E-state index in [1.54, 1.807) is 23.5 Å². The van der Waals surface area contributed by atoms with E-state index in [4.69, 9.17) is 0 Å². The van der Waals surface area contributed by atoms with Crippen LogP contribution in [0.2, 0.25) is 0 Å². The van der Waals surface area contributed by atoms with E-state index in [-0.39, 0.29) is 12.4 Å². The predicted octanol–water partition coefficient (Wildman–Crippen LogP) is 4.50. The van der Waals surface area contributed by atoms with Crippen LogP contribution in [0.1, 0.15) is 16.0 Å². The van der Waals surface area contributed by atoms with Gasteiger partial charge in [0.15, 0.2) is 0 Å². The van der Waals surface area contributed by atoms with Gasteiger partial charge in [0.25, 0.3) is 0 Å². The third kappa shape index (κ3) is 2.85. The second-order valence-corrected chi connectivity index (χ2v) is 5.52. The van der Waals surface area contributed by atoms with E-state index in [1.165, 1.54) is 10.4 Å². The van der Waals surface area contributed by atoms with Gasteiger partial charge in [-0.1, -0.05) is 12.1 Å². The zero-order valence-electron chi connectivity index (χ0n) is 10.5. The van der Waals surface area contributed by atoms with Crippen LogP contribution < -0.4 is 5.32 Å². The molecule has 108 valence electrons. The van der Waals surface area contributed by atoms with Gasteiger partial charge in [0.2, 0.25) is 0 Å². The van der Waals surface area contributed by atoms with Crippen molar-refractivity contribution in [3.05, 3.63) is 45.6 Å². The van der Waals surface area contributed by atoms with Crippen molar-refractivity contribution in [1.29, 1.82) is 0 Å². The SMILES string of the molecule is Cl.FC(F)(F)c1ccc(-c2csc3c2CCNC3)cc1. The molecule has 0 aliphatic carbocycles. The highest BCUT2D eigenvalue weighted by atomic mass is 35.5. The van der Waals surface area contributed by atoms with Crippen LogP contribution in [0.5, 0.6) is 0 Å². The Hall–Kier alpha value is -1.04. The smallest absolute Gasteiger partial charge is 0.312 e. The summed E-state index contributed by atoms with van der Waals surface area (Å²) in [6.45, 7) is 1.79. The minimum absolute atomic E-state index is 0. The fraction of sp³-hybridized carbons (Fsp3) is 0.286. The zero-order valence-corrected chi connectivity index (χ0v) is 12.1. The van der Waals surface area contributed by atoms with Crippen LogP contribution in [0.3, 0.4) is 0 Å². The molecule has 0 amide bonds. The Morgan fingerprint density at radius 3 is 2.45 bits per heavy atom. The number of hydrogen-bond acceptors (Lipinski definition) is 2. The number of hydrogen-bond donors (Lipinski definition) is 1. The highest BCUT2D eigenvalue weighted by molar-refractivity contribution is 7.10. The number of halogens is 4. The van der Waals surface area contributed by atoms with E-state index in [0.717, 1.165) is 42.8 Å². The Bertz CT molecular complexity index is 589. The molecule has 2 heterocycles. The summed E-state index contributed by atoms with van der Waals surface area (Å²) in [5.74, 6) is 0. The van der Waals surface area contributed by atoms with Gasteiger partial charge < -0.3 is 5.32 Å². The molecule has 0 atom stereocenters. The fourth-order valence-corrected chi connectivity index (χ4v) is 3.42. The van der Waals surface area contributed by atoms with Crippen LogP contribution in [0.25, 0.3) is 11.1 Å². The number of rotatable bonds is 1. The number of fused-ring (bicyclic) bond motifs is 1. The normalized spacial score (nSPS) is 14.6. The molecule has 3 rings (SSSR count). The first-order valence-electron chi connectivity index (χ1n) is 6.03. The molecule has 6 heteroatoms. The minimum atomic E-state index is -4.27. The van der Waals surface area contributed by atoms with Crippen molar-refractivity contribution in [3.63, 3.8) is 0 Å². The van der Waals surface area contributed by atoms with Crippen LogP contribution in [0.4, 0.5) is 13.2 Å². The first-order chi connectivity index (χ1) is 9.05. The zero-order chi connectivity index (χ0) is 13.5. The molecule has 0 unspecified atom stereocenters. The summed E-state index contributed by atoms with van der Waals surface area (Å²) in [5.41, 5.74) is 2.63. The Labute approximate surface area is 125 Å². The van der Waals surface area contributed by atoms with Crippen molar-refractivity contribution in [3.8, 4) is 11.1 Å². The largest absolute Gasteiger partial charge is 0.416 e. The number of alkyl halides is 3. The summed E-state index contributed by atoms with van der Waals surface area (Å²) < 4.78 is 37.6. The van der Waals surface area contributed by atoms with Gasteiger partial charge >= 0.3 is 6.18 Å². The molecule has 0 fully saturated rings. The maximum atomic E-state index is 12.5. The standard InChI is InChI=1S/C14H12F3NS.ClH/c15-14(16,17)10-3-1-9(2-4-10)12-8-19-13-7-18-6-5-11(12)13;/h1-4,8,18H,5-7H2;1H. The Kier molecular flexibility index (Phi) is 4.42. The van der Waals surface area contributed by atoms with Crippen molar-refractivity contribution < 1.29 is 13.2 Å². The summed E-state index contributed by atoms with van der Waals surface area (Å²) in [6.07, 6.45) is -3.33. The molecule has 0 bridgehead atoms. The van der Waals surface area contributed by atoms with Crippen molar-refractivity contribution in [2.45, 2.75) is 19.1 Å². The molecular weight excluding hydrogens is 307 g/mol. The molecule has 0 saturated carbocycles. The topological polar surface area (TPSA) is 12.0 Å². The molecule has 1 N–H and O–H groups in total. The van der Waals surface area contributed by atoms with Crippen LogP contribution >= 0.6 is 23.7 Å². The van der Waals surface area contributed by atoms with E-state index in [1.807, 2.05) is 5.38 Å². The van der Waals surface area contributed by atoms with Crippen LogP contribution in [-0.2, 0) is 19.1 Å². The summed E-state index contributed by atoms with van der Waals surface area (Å²) >= 11 is 1.67. The third-order valence-electron chi connectivity index (χ3n) is 3.34. The molecule has 0 saturated heterocycles. The quantitative estimate of drug-likeness (QED) is 0.816. The van der Waals surface area contributed by atoms with Gasteiger partial charge in [-0.2, -0.15) is 13.2 Å². The van der Waals surface area contributed by atoms with Gasteiger partial charge in [-0.05, 0) is 47.2 Å². The van der Waals surface area contributed by atoms with Gasteiger partial charge in [0, 0.05) is 11.4 Å². The maximum absolute atomic E-state index is 12.5.